The van der Waals surface area contributed by atoms with Gasteiger partial charge >= 0.3 is 0 Å². The van der Waals surface area contributed by atoms with Crippen molar-refractivity contribution in [1.29, 1.82) is 0 Å². The van der Waals surface area contributed by atoms with E-state index in [2.05, 4.69) is 34.3 Å². The highest BCUT2D eigenvalue weighted by Crippen LogP contribution is 2.38. The third-order valence-corrected chi connectivity index (χ3v) is 5.01. The predicted molar refractivity (Wildman–Crippen MR) is 79.4 cm³/mol. The Morgan fingerprint density at radius 3 is 3.00 bits per heavy atom. The van der Waals surface area contributed by atoms with E-state index in [1.807, 2.05) is 13.2 Å². The van der Waals surface area contributed by atoms with Crippen molar-refractivity contribution >= 4 is 5.82 Å². The lowest BCUT2D eigenvalue weighted by Crippen LogP contribution is -2.35. The Morgan fingerprint density at radius 1 is 1.32 bits per heavy atom. The average Bonchev–Trinajstić information content (AvgIpc) is 2.90. The van der Waals surface area contributed by atoms with Gasteiger partial charge in [0.1, 0.15) is 5.82 Å². The number of rotatable bonds is 3. The quantitative estimate of drug-likeness (QED) is 0.904. The number of pyridine rings is 1. The third kappa shape index (κ3) is 2.48. The normalized spacial score (nSPS) is 28.2. The summed E-state index contributed by atoms with van der Waals surface area (Å²) in [6.07, 6.45) is 8.93. The molecule has 1 saturated carbocycles. The molecule has 2 heterocycles. The van der Waals surface area contributed by atoms with Gasteiger partial charge in [-0.25, -0.2) is 4.98 Å². The summed E-state index contributed by atoms with van der Waals surface area (Å²) in [6.45, 7) is 3.40. The van der Waals surface area contributed by atoms with Gasteiger partial charge in [0.25, 0.3) is 0 Å². The van der Waals surface area contributed by atoms with Gasteiger partial charge in [-0.2, -0.15) is 0 Å². The number of hydrogen-bond acceptors (Lipinski definition) is 3. The summed E-state index contributed by atoms with van der Waals surface area (Å²) >= 11 is 0. The molecule has 2 aliphatic rings. The van der Waals surface area contributed by atoms with Gasteiger partial charge in [-0.1, -0.05) is 12.8 Å². The Labute approximate surface area is 116 Å². The Balaban J connectivity index is 1.82. The number of nitrogens with zero attached hydrogens (tertiary/aromatic N) is 2. The first kappa shape index (κ1) is 12.9. The van der Waals surface area contributed by atoms with Crippen LogP contribution < -0.4 is 10.2 Å². The topological polar surface area (TPSA) is 28.2 Å². The number of fused-ring (bicyclic) bond motifs is 1. The summed E-state index contributed by atoms with van der Waals surface area (Å²) in [5.74, 6) is 2.11. The van der Waals surface area contributed by atoms with Gasteiger partial charge in [0.05, 0.1) is 0 Å². The van der Waals surface area contributed by atoms with Gasteiger partial charge in [0.2, 0.25) is 0 Å². The fraction of sp³-hybridized carbons (Fsp3) is 0.688. The molecule has 1 aliphatic heterocycles. The summed E-state index contributed by atoms with van der Waals surface area (Å²) < 4.78 is 0. The van der Waals surface area contributed by atoms with Crippen LogP contribution in [0.2, 0.25) is 0 Å². The van der Waals surface area contributed by atoms with Crippen molar-refractivity contribution in [3.8, 4) is 0 Å². The second-order valence-corrected chi connectivity index (χ2v) is 6.05. The molecule has 1 aromatic heterocycles. The molecule has 1 saturated heterocycles. The molecule has 3 heteroatoms. The van der Waals surface area contributed by atoms with E-state index in [0.29, 0.717) is 6.04 Å². The largest absolute Gasteiger partial charge is 0.353 e. The summed E-state index contributed by atoms with van der Waals surface area (Å²) in [4.78, 5) is 7.19. The summed E-state index contributed by atoms with van der Waals surface area (Å²) in [7, 11) is 2.01. The maximum Gasteiger partial charge on any atom is 0.129 e. The molecular formula is C16H25N3. The molecule has 19 heavy (non-hydrogen) atoms. The van der Waals surface area contributed by atoms with E-state index in [1.165, 1.54) is 50.0 Å². The van der Waals surface area contributed by atoms with E-state index >= 15 is 0 Å². The molecule has 3 rings (SSSR count). The second kappa shape index (κ2) is 5.49. The Bertz CT molecular complexity index is 432. The third-order valence-electron chi connectivity index (χ3n) is 5.01. The highest BCUT2D eigenvalue weighted by molar-refractivity contribution is 5.44. The van der Waals surface area contributed by atoms with Crippen molar-refractivity contribution in [3.63, 3.8) is 0 Å². The zero-order valence-electron chi connectivity index (χ0n) is 12.1. The molecule has 0 radical (unpaired) electrons. The van der Waals surface area contributed by atoms with Crippen LogP contribution in [-0.4, -0.2) is 24.6 Å². The molecular weight excluding hydrogens is 234 g/mol. The lowest BCUT2D eigenvalue weighted by atomic mass is 9.85. The minimum atomic E-state index is 0.395. The number of nitrogens with one attached hydrogen (secondary N) is 1. The minimum Gasteiger partial charge on any atom is -0.353 e. The predicted octanol–water partition coefficient (Wildman–Crippen LogP) is 3.13. The summed E-state index contributed by atoms with van der Waals surface area (Å²) in [6, 6.07) is 5.55. The molecule has 0 spiro atoms. The highest BCUT2D eigenvalue weighted by Gasteiger charge is 2.36. The van der Waals surface area contributed by atoms with E-state index < -0.39 is 0 Å². The lowest BCUT2D eigenvalue weighted by Gasteiger charge is -2.32. The average molecular weight is 259 g/mol. The van der Waals surface area contributed by atoms with E-state index in [4.69, 9.17) is 0 Å². The van der Waals surface area contributed by atoms with Crippen molar-refractivity contribution in [3.05, 3.63) is 23.9 Å². The van der Waals surface area contributed by atoms with Gasteiger partial charge in [-0.05, 0) is 56.8 Å². The number of anilines is 1. The fourth-order valence-electron chi connectivity index (χ4n) is 3.72. The van der Waals surface area contributed by atoms with Crippen LogP contribution >= 0.6 is 0 Å². The number of aromatic nitrogens is 1. The zero-order valence-corrected chi connectivity index (χ0v) is 12.1. The van der Waals surface area contributed by atoms with Crippen LogP contribution in [0.1, 0.15) is 50.6 Å². The first-order chi connectivity index (χ1) is 9.29. The molecule has 1 aliphatic carbocycles. The summed E-state index contributed by atoms with van der Waals surface area (Å²) in [5, 5.41) is 3.31. The summed E-state index contributed by atoms with van der Waals surface area (Å²) in [5.41, 5.74) is 1.34. The van der Waals surface area contributed by atoms with Gasteiger partial charge in [0, 0.05) is 24.8 Å². The maximum atomic E-state index is 4.63. The van der Waals surface area contributed by atoms with Crippen LogP contribution in [0.15, 0.2) is 18.3 Å². The minimum absolute atomic E-state index is 0.395. The Kier molecular flexibility index (Phi) is 3.74. The van der Waals surface area contributed by atoms with Crippen LogP contribution in [0, 0.1) is 5.92 Å². The Hall–Kier alpha value is -1.09. The van der Waals surface area contributed by atoms with E-state index in [9.17, 15) is 0 Å². The molecule has 0 amide bonds. The fourth-order valence-corrected chi connectivity index (χ4v) is 3.72. The van der Waals surface area contributed by atoms with Crippen molar-refractivity contribution in [2.75, 3.05) is 18.5 Å². The van der Waals surface area contributed by atoms with Crippen LogP contribution in [0.25, 0.3) is 0 Å². The van der Waals surface area contributed by atoms with Crippen LogP contribution in [0.4, 0.5) is 5.82 Å². The lowest BCUT2D eigenvalue weighted by molar-refractivity contribution is 0.341. The van der Waals surface area contributed by atoms with Crippen molar-refractivity contribution in [2.45, 2.75) is 51.1 Å². The first-order valence-corrected chi connectivity index (χ1v) is 7.69. The molecule has 2 fully saturated rings. The van der Waals surface area contributed by atoms with E-state index in [-0.39, 0.29) is 0 Å². The molecule has 3 unspecified atom stereocenters. The molecule has 3 atom stereocenters. The van der Waals surface area contributed by atoms with Gasteiger partial charge < -0.3 is 10.2 Å². The molecule has 104 valence electrons. The maximum absolute atomic E-state index is 4.63. The molecule has 1 N–H and O–H groups in total. The van der Waals surface area contributed by atoms with Crippen molar-refractivity contribution in [1.82, 2.24) is 10.3 Å². The van der Waals surface area contributed by atoms with Gasteiger partial charge in [0.15, 0.2) is 0 Å². The van der Waals surface area contributed by atoms with E-state index in [1.54, 1.807) is 0 Å². The van der Waals surface area contributed by atoms with Crippen LogP contribution in [-0.2, 0) is 0 Å². The smallest absolute Gasteiger partial charge is 0.129 e. The SMILES string of the molecule is CNC(C)c1ccnc(N2CCC3CCCCC32)c1. The molecule has 3 nitrogen and oxygen atoms in total. The first-order valence-electron chi connectivity index (χ1n) is 7.69. The molecule has 1 aromatic rings. The van der Waals surface area contributed by atoms with Crippen molar-refractivity contribution in [2.24, 2.45) is 5.92 Å². The standard InChI is InChI=1S/C16H25N3/c1-12(17-2)14-7-9-18-16(11-14)19-10-8-13-5-3-4-6-15(13)19/h7,9,11-13,15,17H,3-6,8,10H2,1-2H3. The van der Waals surface area contributed by atoms with Gasteiger partial charge in [-0.3, -0.25) is 0 Å². The van der Waals surface area contributed by atoms with Crippen LogP contribution in [0.3, 0.4) is 0 Å². The van der Waals surface area contributed by atoms with Gasteiger partial charge in [-0.15, -0.1) is 0 Å². The van der Waals surface area contributed by atoms with Crippen LogP contribution in [0.5, 0.6) is 0 Å². The molecule has 0 bridgehead atoms. The zero-order chi connectivity index (χ0) is 13.2. The second-order valence-electron chi connectivity index (χ2n) is 6.05. The number of hydrogen-bond donors (Lipinski definition) is 1. The van der Waals surface area contributed by atoms with Crippen molar-refractivity contribution < 1.29 is 0 Å². The van der Waals surface area contributed by atoms with E-state index in [0.717, 1.165) is 12.0 Å². The monoisotopic (exact) mass is 259 g/mol. The molecule has 0 aromatic carbocycles. The highest BCUT2D eigenvalue weighted by atomic mass is 15.2. The Morgan fingerprint density at radius 2 is 2.16 bits per heavy atom.